The Morgan fingerprint density at radius 2 is 2.00 bits per heavy atom. The van der Waals surface area contributed by atoms with E-state index in [9.17, 15) is 0 Å². The largest absolute Gasteiger partial charge is 0.381 e. The molecule has 0 saturated heterocycles. The number of nitrogens with one attached hydrogen (secondary N) is 1. The molecule has 0 amide bonds. The highest BCUT2D eigenvalue weighted by atomic mass is 32.1. The van der Waals surface area contributed by atoms with Crippen LogP contribution in [-0.2, 0) is 4.74 Å². The highest BCUT2D eigenvalue weighted by molar-refractivity contribution is 7.71. The average Bonchev–Trinajstić information content (AvgIpc) is 2.72. The third-order valence-electron chi connectivity index (χ3n) is 3.65. The Kier molecular flexibility index (Phi) is 3.06. The van der Waals surface area contributed by atoms with Gasteiger partial charge in [-0.05, 0) is 30.6 Å². The first-order valence-electron chi connectivity index (χ1n) is 6.17. The molecule has 1 saturated carbocycles. The molecule has 0 atom stereocenters. The first kappa shape index (κ1) is 11.7. The molecule has 1 fully saturated rings. The van der Waals surface area contributed by atoms with E-state index >= 15 is 0 Å². The van der Waals surface area contributed by atoms with Gasteiger partial charge in [-0.2, -0.15) is 0 Å². The molecule has 3 nitrogen and oxygen atoms in total. The third kappa shape index (κ3) is 1.91. The van der Waals surface area contributed by atoms with Crippen LogP contribution in [0.15, 0.2) is 36.5 Å². The lowest BCUT2D eigenvalue weighted by molar-refractivity contribution is 0.00626. The highest BCUT2D eigenvalue weighted by Crippen LogP contribution is 2.37. The third-order valence-corrected chi connectivity index (χ3v) is 3.96. The van der Waals surface area contributed by atoms with Crippen molar-refractivity contribution in [3.8, 4) is 11.3 Å². The minimum atomic E-state index is 0.385. The quantitative estimate of drug-likeness (QED) is 0.855. The number of methoxy groups -OCH3 is 1. The first-order valence-corrected chi connectivity index (χ1v) is 6.58. The van der Waals surface area contributed by atoms with Crippen LogP contribution in [0.25, 0.3) is 11.3 Å². The maximum absolute atomic E-state index is 5.39. The summed E-state index contributed by atoms with van der Waals surface area (Å²) in [5, 5.41) is 0. The van der Waals surface area contributed by atoms with Gasteiger partial charge in [0, 0.05) is 19.3 Å². The lowest BCUT2D eigenvalue weighted by Gasteiger charge is -2.35. The summed E-state index contributed by atoms with van der Waals surface area (Å²) in [6, 6.07) is 10.8. The van der Waals surface area contributed by atoms with E-state index in [1.807, 2.05) is 12.3 Å². The van der Waals surface area contributed by atoms with Crippen LogP contribution < -0.4 is 0 Å². The summed E-state index contributed by atoms with van der Waals surface area (Å²) < 4.78 is 8.36. The predicted molar refractivity (Wildman–Crippen MR) is 74.1 cm³/mol. The van der Waals surface area contributed by atoms with Gasteiger partial charge >= 0.3 is 0 Å². The summed E-state index contributed by atoms with van der Waals surface area (Å²) in [6.07, 6.45) is 4.47. The second-order valence-electron chi connectivity index (χ2n) is 4.70. The maximum Gasteiger partial charge on any atom is 0.177 e. The van der Waals surface area contributed by atoms with Crippen LogP contribution in [0.4, 0.5) is 0 Å². The van der Waals surface area contributed by atoms with Gasteiger partial charge in [-0.25, -0.2) is 0 Å². The number of rotatable bonds is 3. The van der Waals surface area contributed by atoms with Gasteiger partial charge in [0.2, 0.25) is 0 Å². The molecule has 4 heteroatoms. The molecule has 1 aromatic carbocycles. The van der Waals surface area contributed by atoms with Gasteiger partial charge < -0.3 is 14.3 Å². The van der Waals surface area contributed by atoms with E-state index in [4.69, 9.17) is 17.0 Å². The molecular formula is C14H16N2OS. The zero-order chi connectivity index (χ0) is 12.5. The van der Waals surface area contributed by atoms with Crippen molar-refractivity contribution in [2.45, 2.75) is 25.0 Å². The maximum atomic E-state index is 5.39. The summed E-state index contributed by atoms with van der Waals surface area (Å²) in [4.78, 5) is 3.15. The van der Waals surface area contributed by atoms with Crippen molar-refractivity contribution >= 4 is 12.2 Å². The van der Waals surface area contributed by atoms with Crippen LogP contribution in [0.2, 0.25) is 0 Å². The van der Waals surface area contributed by atoms with E-state index in [-0.39, 0.29) is 0 Å². The Morgan fingerprint density at radius 3 is 2.67 bits per heavy atom. The SMILES string of the molecule is COC1CC(n2c(-c3ccccc3)c[nH]c2=S)C1. The lowest BCUT2D eigenvalue weighted by Crippen LogP contribution is -2.32. The number of benzene rings is 1. The normalized spacial score (nSPS) is 22.7. The summed E-state index contributed by atoms with van der Waals surface area (Å²) in [5.41, 5.74) is 2.37. The van der Waals surface area contributed by atoms with E-state index in [1.165, 1.54) is 11.3 Å². The fourth-order valence-electron chi connectivity index (χ4n) is 2.51. The van der Waals surface area contributed by atoms with Crippen LogP contribution in [0.5, 0.6) is 0 Å². The molecule has 1 heterocycles. The van der Waals surface area contributed by atoms with Crippen molar-refractivity contribution in [3.05, 3.63) is 41.3 Å². The van der Waals surface area contributed by atoms with Gasteiger partial charge in [0.05, 0.1) is 11.8 Å². The predicted octanol–water partition coefficient (Wildman–Crippen LogP) is 3.56. The fourth-order valence-corrected chi connectivity index (χ4v) is 2.82. The number of aromatic amines is 1. The van der Waals surface area contributed by atoms with Crippen molar-refractivity contribution in [2.75, 3.05) is 7.11 Å². The van der Waals surface area contributed by atoms with E-state index in [2.05, 4.69) is 33.8 Å². The summed E-state index contributed by atoms with van der Waals surface area (Å²) >= 11 is 5.39. The number of ether oxygens (including phenoxy) is 1. The Bertz CT molecular complexity index is 581. The average molecular weight is 260 g/mol. The van der Waals surface area contributed by atoms with Crippen molar-refractivity contribution < 1.29 is 4.74 Å². The molecule has 3 rings (SSSR count). The van der Waals surface area contributed by atoms with Gasteiger partial charge in [0.15, 0.2) is 4.77 Å². The Labute approximate surface area is 111 Å². The van der Waals surface area contributed by atoms with Gasteiger partial charge in [-0.15, -0.1) is 0 Å². The van der Waals surface area contributed by atoms with Gasteiger partial charge in [-0.3, -0.25) is 0 Å². The van der Waals surface area contributed by atoms with Crippen molar-refractivity contribution in [1.82, 2.24) is 9.55 Å². The molecular weight excluding hydrogens is 244 g/mol. The number of nitrogens with zero attached hydrogens (tertiary/aromatic N) is 1. The number of aromatic nitrogens is 2. The molecule has 0 bridgehead atoms. The molecule has 1 aliphatic rings. The molecule has 0 radical (unpaired) electrons. The van der Waals surface area contributed by atoms with Gasteiger partial charge in [-0.1, -0.05) is 30.3 Å². The summed E-state index contributed by atoms with van der Waals surface area (Å²) in [6.45, 7) is 0. The van der Waals surface area contributed by atoms with Crippen molar-refractivity contribution in [1.29, 1.82) is 0 Å². The molecule has 1 aliphatic carbocycles. The Balaban J connectivity index is 1.96. The van der Waals surface area contributed by atoms with E-state index in [1.54, 1.807) is 7.11 Å². The van der Waals surface area contributed by atoms with Crippen LogP contribution in [0, 0.1) is 4.77 Å². The van der Waals surface area contributed by atoms with E-state index < -0.39 is 0 Å². The zero-order valence-electron chi connectivity index (χ0n) is 10.3. The second kappa shape index (κ2) is 4.71. The second-order valence-corrected chi connectivity index (χ2v) is 5.08. The number of H-pyrrole nitrogens is 1. The van der Waals surface area contributed by atoms with Gasteiger partial charge in [0.1, 0.15) is 0 Å². The molecule has 1 aromatic heterocycles. The van der Waals surface area contributed by atoms with Crippen molar-refractivity contribution in [3.63, 3.8) is 0 Å². The lowest BCUT2D eigenvalue weighted by atomic mass is 9.88. The molecule has 94 valence electrons. The molecule has 0 aliphatic heterocycles. The molecule has 0 spiro atoms. The summed E-state index contributed by atoms with van der Waals surface area (Å²) in [7, 11) is 1.77. The molecule has 1 N–H and O–H groups in total. The smallest absolute Gasteiger partial charge is 0.177 e. The minimum Gasteiger partial charge on any atom is -0.381 e. The van der Waals surface area contributed by atoms with Gasteiger partial charge in [0.25, 0.3) is 0 Å². The number of hydrogen-bond acceptors (Lipinski definition) is 2. The zero-order valence-corrected chi connectivity index (χ0v) is 11.1. The van der Waals surface area contributed by atoms with E-state index in [0.29, 0.717) is 12.1 Å². The van der Waals surface area contributed by atoms with E-state index in [0.717, 1.165) is 17.6 Å². The Hall–Kier alpha value is -1.39. The first-order chi connectivity index (χ1) is 8.79. The highest BCUT2D eigenvalue weighted by Gasteiger charge is 2.32. The summed E-state index contributed by atoms with van der Waals surface area (Å²) in [5.74, 6) is 0. The van der Waals surface area contributed by atoms with Crippen LogP contribution in [-0.4, -0.2) is 22.8 Å². The topological polar surface area (TPSA) is 29.9 Å². The van der Waals surface area contributed by atoms with Crippen LogP contribution in [0.1, 0.15) is 18.9 Å². The van der Waals surface area contributed by atoms with Crippen LogP contribution >= 0.6 is 12.2 Å². The molecule has 18 heavy (non-hydrogen) atoms. The molecule has 0 unspecified atom stereocenters. The molecule has 2 aromatic rings. The minimum absolute atomic E-state index is 0.385. The number of hydrogen-bond donors (Lipinski definition) is 1. The fraction of sp³-hybridized carbons (Fsp3) is 0.357. The number of imidazole rings is 1. The van der Waals surface area contributed by atoms with Crippen molar-refractivity contribution in [2.24, 2.45) is 0 Å². The standard InChI is InChI=1S/C14H16N2OS/c1-17-12-7-11(8-12)16-13(9-15-14(16)18)10-5-3-2-4-6-10/h2-6,9,11-12H,7-8H2,1H3,(H,15,18). The monoisotopic (exact) mass is 260 g/mol. The van der Waals surface area contributed by atoms with Crippen LogP contribution in [0.3, 0.4) is 0 Å². The Morgan fingerprint density at radius 1 is 1.28 bits per heavy atom.